The SMILES string of the molecule is Clc1ccc(Sc2ccc(C=Nc3ccccc3)s2)cc1. The average Bonchev–Trinajstić information content (AvgIpc) is 2.96. The van der Waals surface area contributed by atoms with Crippen LogP contribution in [0.4, 0.5) is 5.69 Å². The Kier molecular flexibility index (Phi) is 4.76. The van der Waals surface area contributed by atoms with Crippen LogP contribution in [0.15, 0.2) is 80.8 Å². The maximum Gasteiger partial charge on any atom is 0.0653 e. The molecule has 0 saturated heterocycles. The lowest BCUT2D eigenvalue weighted by Gasteiger charge is -1.97. The van der Waals surface area contributed by atoms with Gasteiger partial charge in [-0.3, -0.25) is 4.99 Å². The zero-order chi connectivity index (χ0) is 14.5. The van der Waals surface area contributed by atoms with Gasteiger partial charge in [0.1, 0.15) is 0 Å². The number of hydrogen-bond donors (Lipinski definition) is 0. The second-order valence-electron chi connectivity index (χ2n) is 4.31. The molecule has 0 fully saturated rings. The molecule has 3 rings (SSSR count). The highest BCUT2D eigenvalue weighted by Gasteiger charge is 2.01. The Hall–Kier alpha value is -1.55. The maximum atomic E-state index is 5.89. The van der Waals surface area contributed by atoms with Crippen molar-refractivity contribution >= 4 is 46.6 Å². The summed E-state index contributed by atoms with van der Waals surface area (Å²) < 4.78 is 1.24. The normalized spacial score (nSPS) is 11.1. The molecule has 0 radical (unpaired) electrons. The number of thiophene rings is 1. The number of benzene rings is 2. The Balaban J connectivity index is 1.69. The van der Waals surface area contributed by atoms with Crippen LogP contribution < -0.4 is 0 Å². The molecule has 1 nitrogen and oxygen atoms in total. The van der Waals surface area contributed by atoms with E-state index in [-0.39, 0.29) is 0 Å². The van der Waals surface area contributed by atoms with Gasteiger partial charge in [0.25, 0.3) is 0 Å². The number of halogens is 1. The zero-order valence-corrected chi connectivity index (χ0v) is 13.5. The standard InChI is InChI=1S/C17H12ClNS2/c18-13-6-8-15(9-7-13)20-17-11-10-16(21-17)12-19-14-4-2-1-3-5-14/h1-12H. The van der Waals surface area contributed by atoms with Crippen molar-refractivity contribution in [3.05, 3.63) is 76.6 Å². The molecule has 0 unspecified atom stereocenters. The van der Waals surface area contributed by atoms with E-state index in [1.54, 1.807) is 23.1 Å². The van der Waals surface area contributed by atoms with Gasteiger partial charge in [-0.05, 0) is 48.5 Å². The first-order chi connectivity index (χ1) is 10.3. The molecule has 4 heteroatoms. The Morgan fingerprint density at radius 1 is 0.905 bits per heavy atom. The van der Waals surface area contributed by atoms with Gasteiger partial charge in [-0.25, -0.2) is 0 Å². The third-order valence-electron chi connectivity index (χ3n) is 2.73. The molecule has 0 bridgehead atoms. The largest absolute Gasteiger partial charge is 0.255 e. The molecule has 2 aromatic carbocycles. The van der Waals surface area contributed by atoms with E-state index in [0.717, 1.165) is 15.6 Å². The molecule has 0 spiro atoms. The van der Waals surface area contributed by atoms with Crippen molar-refractivity contribution in [1.82, 2.24) is 0 Å². The lowest BCUT2D eigenvalue weighted by Crippen LogP contribution is -1.70. The molecule has 0 N–H and O–H groups in total. The third-order valence-corrected chi connectivity index (χ3v) is 5.14. The van der Waals surface area contributed by atoms with Crippen LogP contribution in [0.1, 0.15) is 4.88 Å². The van der Waals surface area contributed by atoms with Crippen molar-refractivity contribution in [2.45, 2.75) is 9.10 Å². The molecule has 1 heterocycles. The van der Waals surface area contributed by atoms with Crippen LogP contribution in [0.2, 0.25) is 5.02 Å². The monoisotopic (exact) mass is 329 g/mol. The minimum absolute atomic E-state index is 0.765. The minimum atomic E-state index is 0.765. The van der Waals surface area contributed by atoms with Gasteiger partial charge in [0, 0.05) is 21.0 Å². The first kappa shape index (κ1) is 14.4. The summed E-state index contributed by atoms with van der Waals surface area (Å²) in [5, 5.41) is 0.765. The minimum Gasteiger partial charge on any atom is -0.255 e. The fraction of sp³-hybridized carbons (Fsp3) is 0. The smallest absolute Gasteiger partial charge is 0.0653 e. The summed E-state index contributed by atoms with van der Waals surface area (Å²) in [5.41, 5.74) is 0.970. The van der Waals surface area contributed by atoms with E-state index >= 15 is 0 Å². The van der Waals surface area contributed by atoms with E-state index in [1.165, 1.54) is 9.10 Å². The van der Waals surface area contributed by atoms with Crippen LogP contribution in [-0.2, 0) is 0 Å². The fourth-order valence-corrected chi connectivity index (χ4v) is 3.85. The number of aliphatic imine (C=N–C) groups is 1. The Morgan fingerprint density at radius 2 is 1.67 bits per heavy atom. The quantitative estimate of drug-likeness (QED) is 0.511. The second-order valence-corrected chi connectivity index (χ2v) is 7.23. The van der Waals surface area contributed by atoms with E-state index in [2.05, 4.69) is 17.1 Å². The molecule has 0 aliphatic rings. The fourth-order valence-electron chi connectivity index (χ4n) is 1.73. The van der Waals surface area contributed by atoms with E-state index < -0.39 is 0 Å². The highest BCUT2D eigenvalue weighted by molar-refractivity contribution is 8.01. The average molecular weight is 330 g/mol. The Bertz CT molecular complexity index is 733. The molecule has 3 aromatic rings. The van der Waals surface area contributed by atoms with Crippen molar-refractivity contribution in [1.29, 1.82) is 0 Å². The molecule has 0 amide bonds. The lowest BCUT2D eigenvalue weighted by molar-refractivity contribution is 1.46. The maximum absolute atomic E-state index is 5.89. The van der Waals surface area contributed by atoms with Gasteiger partial charge in [-0.2, -0.15) is 0 Å². The number of nitrogens with zero attached hydrogens (tertiary/aromatic N) is 1. The van der Waals surface area contributed by atoms with Gasteiger partial charge in [-0.1, -0.05) is 41.6 Å². The Labute approximate surface area is 137 Å². The van der Waals surface area contributed by atoms with E-state index in [0.29, 0.717) is 0 Å². The summed E-state index contributed by atoms with van der Waals surface area (Å²) in [7, 11) is 0. The summed E-state index contributed by atoms with van der Waals surface area (Å²) >= 11 is 9.36. The van der Waals surface area contributed by atoms with Crippen molar-refractivity contribution in [3.63, 3.8) is 0 Å². The van der Waals surface area contributed by atoms with Crippen molar-refractivity contribution in [2.75, 3.05) is 0 Å². The predicted octanol–water partition coefficient (Wildman–Crippen LogP) is 6.30. The van der Waals surface area contributed by atoms with Crippen molar-refractivity contribution in [3.8, 4) is 0 Å². The van der Waals surface area contributed by atoms with Gasteiger partial charge in [0.15, 0.2) is 0 Å². The molecule has 0 aliphatic heterocycles. The van der Waals surface area contributed by atoms with Gasteiger partial charge in [0.2, 0.25) is 0 Å². The lowest BCUT2D eigenvalue weighted by atomic mass is 10.3. The van der Waals surface area contributed by atoms with Crippen LogP contribution in [0.3, 0.4) is 0 Å². The number of hydrogen-bond acceptors (Lipinski definition) is 3. The van der Waals surface area contributed by atoms with E-state index in [9.17, 15) is 0 Å². The molecule has 104 valence electrons. The van der Waals surface area contributed by atoms with Crippen LogP contribution in [-0.4, -0.2) is 6.21 Å². The summed E-state index contributed by atoms with van der Waals surface area (Å²) in [5.74, 6) is 0. The summed E-state index contributed by atoms with van der Waals surface area (Å²) in [6, 6.07) is 22.1. The topological polar surface area (TPSA) is 12.4 Å². The molecule has 0 aliphatic carbocycles. The van der Waals surface area contributed by atoms with Gasteiger partial charge < -0.3 is 0 Å². The van der Waals surface area contributed by atoms with Gasteiger partial charge in [0.05, 0.1) is 9.90 Å². The summed E-state index contributed by atoms with van der Waals surface area (Å²) in [6.45, 7) is 0. The number of para-hydroxylation sites is 1. The molecule has 0 saturated carbocycles. The molecular weight excluding hydrogens is 318 g/mol. The second kappa shape index (κ2) is 6.94. The molecular formula is C17H12ClNS2. The highest BCUT2D eigenvalue weighted by Crippen LogP contribution is 2.33. The van der Waals surface area contributed by atoms with Crippen molar-refractivity contribution < 1.29 is 0 Å². The first-order valence-electron chi connectivity index (χ1n) is 6.42. The summed E-state index contributed by atoms with van der Waals surface area (Å²) in [4.78, 5) is 6.80. The zero-order valence-electron chi connectivity index (χ0n) is 11.1. The summed E-state index contributed by atoms with van der Waals surface area (Å²) in [6.07, 6.45) is 1.91. The van der Waals surface area contributed by atoms with Crippen LogP contribution in [0, 0.1) is 0 Å². The van der Waals surface area contributed by atoms with Crippen molar-refractivity contribution in [2.24, 2.45) is 4.99 Å². The Morgan fingerprint density at radius 3 is 2.43 bits per heavy atom. The van der Waals surface area contributed by atoms with Crippen LogP contribution >= 0.6 is 34.7 Å². The van der Waals surface area contributed by atoms with Crippen LogP contribution in [0.25, 0.3) is 0 Å². The highest BCUT2D eigenvalue weighted by atomic mass is 35.5. The van der Waals surface area contributed by atoms with Gasteiger partial charge in [-0.15, -0.1) is 11.3 Å². The first-order valence-corrected chi connectivity index (χ1v) is 8.43. The van der Waals surface area contributed by atoms with E-state index in [4.69, 9.17) is 11.6 Å². The van der Waals surface area contributed by atoms with Gasteiger partial charge >= 0.3 is 0 Å². The van der Waals surface area contributed by atoms with Crippen LogP contribution in [0.5, 0.6) is 0 Å². The predicted molar refractivity (Wildman–Crippen MR) is 93.6 cm³/mol. The number of rotatable bonds is 4. The molecule has 1 aromatic heterocycles. The molecule has 0 atom stereocenters. The third kappa shape index (κ3) is 4.21. The molecule has 21 heavy (non-hydrogen) atoms. The van der Waals surface area contributed by atoms with E-state index in [1.807, 2.05) is 60.8 Å².